The summed E-state index contributed by atoms with van der Waals surface area (Å²) in [6, 6.07) is 3.68. The lowest BCUT2D eigenvalue weighted by Crippen LogP contribution is -2.16. The molecule has 0 saturated carbocycles. The van der Waals surface area contributed by atoms with Gasteiger partial charge >= 0.3 is 0 Å². The van der Waals surface area contributed by atoms with E-state index in [0.29, 0.717) is 0 Å². The van der Waals surface area contributed by atoms with Crippen LogP contribution >= 0.6 is 24.8 Å². The van der Waals surface area contributed by atoms with Crippen LogP contribution in [0.15, 0.2) is 18.2 Å². The van der Waals surface area contributed by atoms with Crippen molar-refractivity contribution in [3.05, 3.63) is 39.4 Å². The fourth-order valence-electron chi connectivity index (χ4n) is 1.03. The van der Waals surface area contributed by atoms with Gasteiger partial charge in [0.15, 0.2) is 0 Å². The maximum Gasteiger partial charge on any atom is 0.270 e. The van der Waals surface area contributed by atoms with Gasteiger partial charge in [0.05, 0.1) is 4.92 Å². The van der Waals surface area contributed by atoms with E-state index in [9.17, 15) is 10.1 Å². The summed E-state index contributed by atoms with van der Waals surface area (Å²) in [4.78, 5) is 9.91. The number of halogens is 2. The maximum atomic E-state index is 10.5. The zero-order valence-corrected chi connectivity index (χ0v) is 10.1. The van der Waals surface area contributed by atoms with Gasteiger partial charge in [-0.3, -0.25) is 20.9 Å². The predicted octanol–water partition coefficient (Wildman–Crippen LogP) is 1.01. The van der Waals surface area contributed by atoms with Crippen LogP contribution in [0.2, 0.25) is 0 Å². The van der Waals surface area contributed by atoms with Crippen molar-refractivity contribution in [1.29, 1.82) is 10.8 Å². The molecule has 0 bridgehead atoms. The first-order valence-electron chi connectivity index (χ1n) is 3.90. The van der Waals surface area contributed by atoms with E-state index < -0.39 is 4.92 Å². The van der Waals surface area contributed by atoms with Gasteiger partial charge in [-0.1, -0.05) is 0 Å². The molecule has 1 aromatic rings. The second-order valence-electron chi connectivity index (χ2n) is 2.85. The van der Waals surface area contributed by atoms with E-state index in [-0.39, 0.29) is 53.3 Å². The molecular formula is C8H11Cl2N5O2. The number of non-ortho nitro benzene ring substituents is 1. The number of amidine groups is 2. The molecule has 0 aliphatic rings. The molecule has 0 aromatic heterocycles. The average molecular weight is 280 g/mol. The number of rotatable bonds is 3. The number of benzene rings is 1. The highest BCUT2D eigenvalue weighted by atomic mass is 35.5. The Bertz CT molecular complexity index is 384. The number of nitro groups is 1. The minimum Gasteiger partial charge on any atom is -0.384 e. The van der Waals surface area contributed by atoms with Crippen LogP contribution in [0, 0.1) is 20.9 Å². The molecule has 1 aromatic carbocycles. The van der Waals surface area contributed by atoms with Crippen molar-refractivity contribution in [3.8, 4) is 0 Å². The Morgan fingerprint density at radius 3 is 1.65 bits per heavy atom. The van der Waals surface area contributed by atoms with Gasteiger partial charge in [-0.05, 0) is 6.07 Å². The SMILES string of the molecule is Cl.Cl.N=C(N)c1cc(C(=N)N)cc([N+](=O)[O-])c1. The van der Waals surface area contributed by atoms with Crippen LogP contribution in [0.25, 0.3) is 0 Å². The molecule has 9 heteroatoms. The number of nitrogens with zero attached hydrogens (tertiary/aromatic N) is 1. The quantitative estimate of drug-likeness (QED) is 0.283. The zero-order valence-electron chi connectivity index (χ0n) is 8.47. The largest absolute Gasteiger partial charge is 0.384 e. The van der Waals surface area contributed by atoms with Gasteiger partial charge in [-0.2, -0.15) is 0 Å². The molecule has 0 amide bonds. The van der Waals surface area contributed by atoms with Gasteiger partial charge in [0.1, 0.15) is 11.7 Å². The van der Waals surface area contributed by atoms with E-state index in [1.807, 2.05) is 0 Å². The standard InChI is InChI=1S/C8H9N5O2.2ClH/c9-7(10)4-1-5(8(11)12)3-6(2-4)13(14)15;;/h1-3H,(H3,9,10)(H3,11,12);2*1H. The molecule has 0 aliphatic carbocycles. The maximum absolute atomic E-state index is 10.5. The van der Waals surface area contributed by atoms with Crippen LogP contribution in [0.3, 0.4) is 0 Å². The number of hydrogen-bond acceptors (Lipinski definition) is 4. The van der Waals surface area contributed by atoms with Crippen molar-refractivity contribution in [1.82, 2.24) is 0 Å². The molecule has 0 fully saturated rings. The van der Waals surface area contributed by atoms with Crippen LogP contribution in [-0.2, 0) is 0 Å². The van der Waals surface area contributed by atoms with Gasteiger partial charge in [-0.25, -0.2) is 0 Å². The highest BCUT2D eigenvalue weighted by Gasteiger charge is 2.12. The Hall–Kier alpha value is -1.86. The minimum atomic E-state index is -0.626. The summed E-state index contributed by atoms with van der Waals surface area (Å²) in [6.45, 7) is 0. The number of nitrogens with one attached hydrogen (secondary N) is 2. The molecule has 0 unspecified atom stereocenters. The summed E-state index contributed by atoms with van der Waals surface area (Å²) in [7, 11) is 0. The first kappa shape index (κ1) is 17.5. The smallest absolute Gasteiger partial charge is 0.270 e. The fourth-order valence-corrected chi connectivity index (χ4v) is 1.03. The third-order valence-corrected chi connectivity index (χ3v) is 1.75. The fraction of sp³-hybridized carbons (Fsp3) is 0. The third-order valence-electron chi connectivity index (χ3n) is 1.75. The second kappa shape index (κ2) is 6.66. The highest BCUT2D eigenvalue weighted by molar-refractivity contribution is 6.01. The summed E-state index contributed by atoms with van der Waals surface area (Å²) in [5.41, 5.74) is 10.5. The predicted molar refractivity (Wildman–Crippen MR) is 69.6 cm³/mol. The number of nitrogen functional groups attached to an aromatic ring is 2. The average Bonchev–Trinajstić information content (AvgIpc) is 2.16. The summed E-state index contributed by atoms with van der Waals surface area (Å²) < 4.78 is 0. The van der Waals surface area contributed by atoms with Crippen LogP contribution < -0.4 is 11.5 Å². The number of nitro benzene ring substituents is 1. The number of nitrogens with two attached hydrogens (primary N) is 2. The summed E-state index contributed by atoms with van der Waals surface area (Å²) >= 11 is 0. The lowest BCUT2D eigenvalue weighted by atomic mass is 10.1. The molecule has 7 nitrogen and oxygen atoms in total. The molecule has 0 saturated heterocycles. The molecule has 94 valence electrons. The zero-order chi connectivity index (χ0) is 11.6. The first-order chi connectivity index (χ1) is 6.91. The van der Waals surface area contributed by atoms with Crippen LogP contribution in [-0.4, -0.2) is 16.6 Å². The molecule has 0 heterocycles. The topological polar surface area (TPSA) is 143 Å². The van der Waals surface area contributed by atoms with Crippen LogP contribution in [0.1, 0.15) is 11.1 Å². The minimum absolute atomic E-state index is 0. The normalized spacial score (nSPS) is 8.47. The highest BCUT2D eigenvalue weighted by Crippen LogP contribution is 2.16. The lowest BCUT2D eigenvalue weighted by molar-refractivity contribution is -0.384. The van der Waals surface area contributed by atoms with Gasteiger partial charge in [0, 0.05) is 23.3 Å². The van der Waals surface area contributed by atoms with E-state index in [1.54, 1.807) is 0 Å². The van der Waals surface area contributed by atoms with Gasteiger partial charge in [0.2, 0.25) is 0 Å². The van der Waals surface area contributed by atoms with E-state index in [4.69, 9.17) is 22.3 Å². The Kier molecular flexibility index (Phi) is 6.87. The summed E-state index contributed by atoms with van der Waals surface area (Å²) in [5, 5.41) is 24.8. The van der Waals surface area contributed by atoms with Crippen molar-refractivity contribution < 1.29 is 4.92 Å². The third kappa shape index (κ3) is 4.25. The Labute approximate surface area is 109 Å². The second-order valence-corrected chi connectivity index (χ2v) is 2.85. The molecule has 1 rings (SSSR count). The molecule has 17 heavy (non-hydrogen) atoms. The van der Waals surface area contributed by atoms with Gasteiger partial charge in [-0.15, -0.1) is 24.8 Å². The van der Waals surface area contributed by atoms with E-state index >= 15 is 0 Å². The molecule has 0 radical (unpaired) electrons. The Balaban J connectivity index is 0. The molecule has 0 spiro atoms. The monoisotopic (exact) mass is 279 g/mol. The molecule has 0 atom stereocenters. The van der Waals surface area contributed by atoms with Crippen molar-refractivity contribution in [2.75, 3.05) is 0 Å². The van der Waals surface area contributed by atoms with E-state index in [1.165, 1.54) is 6.07 Å². The lowest BCUT2D eigenvalue weighted by Gasteiger charge is -2.02. The number of hydrogen-bond donors (Lipinski definition) is 4. The molecular weight excluding hydrogens is 269 g/mol. The Morgan fingerprint density at radius 1 is 1.06 bits per heavy atom. The van der Waals surface area contributed by atoms with Crippen molar-refractivity contribution in [3.63, 3.8) is 0 Å². The van der Waals surface area contributed by atoms with Crippen molar-refractivity contribution in [2.45, 2.75) is 0 Å². The first-order valence-corrected chi connectivity index (χ1v) is 3.90. The van der Waals surface area contributed by atoms with E-state index in [2.05, 4.69) is 0 Å². The summed E-state index contributed by atoms with van der Waals surface area (Å²) in [6.07, 6.45) is 0. The Morgan fingerprint density at radius 2 is 1.41 bits per heavy atom. The van der Waals surface area contributed by atoms with Crippen molar-refractivity contribution >= 4 is 42.2 Å². The van der Waals surface area contributed by atoms with Crippen LogP contribution in [0.5, 0.6) is 0 Å². The summed E-state index contributed by atoms with van der Waals surface area (Å²) in [5.74, 6) is -0.609. The van der Waals surface area contributed by atoms with Crippen LogP contribution in [0.4, 0.5) is 5.69 Å². The molecule has 0 aliphatic heterocycles. The van der Waals surface area contributed by atoms with Crippen molar-refractivity contribution in [2.24, 2.45) is 11.5 Å². The van der Waals surface area contributed by atoms with Gasteiger partial charge < -0.3 is 11.5 Å². The van der Waals surface area contributed by atoms with Gasteiger partial charge in [0.25, 0.3) is 5.69 Å². The van der Waals surface area contributed by atoms with E-state index in [0.717, 1.165) is 12.1 Å². The molecule has 6 N–H and O–H groups in total.